The SMILES string of the molecule is CCOc1ccc(S(=O)(=O)N(CC(=O)N(Cc2cccc(C)c2)[C@@H](Cc2ccccc2)C(=O)NC(C)C)c2ccccc2)cc1. The van der Waals surface area contributed by atoms with Gasteiger partial charge in [-0.1, -0.05) is 78.4 Å². The summed E-state index contributed by atoms with van der Waals surface area (Å²) in [7, 11) is -4.19. The molecule has 0 bridgehead atoms. The van der Waals surface area contributed by atoms with Gasteiger partial charge in [0.2, 0.25) is 11.8 Å². The average Bonchev–Trinajstić information content (AvgIpc) is 3.02. The molecule has 0 fully saturated rings. The van der Waals surface area contributed by atoms with Gasteiger partial charge in [-0.25, -0.2) is 8.42 Å². The van der Waals surface area contributed by atoms with E-state index >= 15 is 0 Å². The Kier molecular flexibility index (Phi) is 11.4. The Labute approximate surface area is 266 Å². The molecule has 4 rings (SSSR count). The lowest BCUT2D eigenvalue weighted by Gasteiger charge is -2.34. The van der Waals surface area contributed by atoms with Gasteiger partial charge in [0.25, 0.3) is 10.0 Å². The second-order valence-electron chi connectivity index (χ2n) is 11.1. The lowest BCUT2D eigenvalue weighted by atomic mass is 10.0. The zero-order valence-electron chi connectivity index (χ0n) is 26.2. The van der Waals surface area contributed by atoms with Crippen LogP contribution < -0.4 is 14.4 Å². The third-order valence-electron chi connectivity index (χ3n) is 7.18. The summed E-state index contributed by atoms with van der Waals surface area (Å²) in [5.74, 6) is -0.270. The van der Waals surface area contributed by atoms with E-state index in [-0.39, 0.29) is 29.8 Å². The van der Waals surface area contributed by atoms with Gasteiger partial charge in [-0.2, -0.15) is 0 Å². The molecule has 0 unspecified atom stereocenters. The van der Waals surface area contributed by atoms with Crippen LogP contribution in [0.5, 0.6) is 5.75 Å². The number of sulfonamides is 1. The minimum atomic E-state index is -4.19. The van der Waals surface area contributed by atoms with Crippen molar-refractivity contribution in [2.45, 2.75) is 57.6 Å². The fraction of sp³-hybridized carbons (Fsp3) is 0.278. The zero-order valence-corrected chi connectivity index (χ0v) is 27.0. The molecule has 8 nitrogen and oxygen atoms in total. The van der Waals surface area contributed by atoms with E-state index in [4.69, 9.17) is 4.74 Å². The van der Waals surface area contributed by atoms with Gasteiger partial charge in [-0.15, -0.1) is 0 Å². The van der Waals surface area contributed by atoms with Crippen LogP contribution in [0.15, 0.2) is 114 Å². The number of nitrogens with one attached hydrogen (secondary N) is 1. The predicted molar refractivity (Wildman–Crippen MR) is 178 cm³/mol. The highest BCUT2D eigenvalue weighted by molar-refractivity contribution is 7.92. The first kappa shape index (κ1) is 33.3. The Bertz CT molecular complexity index is 1660. The first-order valence-corrected chi connectivity index (χ1v) is 16.5. The minimum absolute atomic E-state index is 0.0197. The number of nitrogens with zero attached hydrogens (tertiary/aromatic N) is 2. The molecule has 0 saturated carbocycles. The standard InChI is InChI=1S/C36H41N3O5S/c1-5-44-32-19-21-33(22-20-32)45(42,43)39(31-17-10-7-11-18-31)26-35(40)38(25-30-16-12-13-28(4)23-30)34(36(41)37-27(2)3)24-29-14-8-6-9-15-29/h6-23,27,34H,5,24-26H2,1-4H3,(H,37,41)/t34-/m0/s1. The Hall–Kier alpha value is -4.63. The highest BCUT2D eigenvalue weighted by Gasteiger charge is 2.34. The van der Waals surface area contributed by atoms with E-state index in [0.717, 1.165) is 21.0 Å². The molecule has 9 heteroatoms. The number of hydrogen-bond acceptors (Lipinski definition) is 5. The lowest BCUT2D eigenvalue weighted by Crippen LogP contribution is -2.54. The van der Waals surface area contributed by atoms with Crippen LogP contribution in [0.4, 0.5) is 5.69 Å². The first-order valence-electron chi connectivity index (χ1n) is 15.1. The van der Waals surface area contributed by atoms with E-state index in [1.807, 2.05) is 82.3 Å². The number of benzene rings is 4. The van der Waals surface area contributed by atoms with Crippen LogP contribution in [0, 0.1) is 6.92 Å². The summed E-state index contributed by atoms with van der Waals surface area (Å²) in [5, 5.41) is 2.98. The number of aryl methyl sites for hydroxylation is 1. The van der Waals surface area contributed by atoms with Gasteiger partial charge in [0.1, 0.15) is 18.3 Å². The van der Waals surface area contributed by atoms with Gasteiger partial charge >= 0.3 is 0 Å². The number of ether oxygens (including phenoxy) is 1. The summed E-state index contributed by atoms with van der Waals surface area (Å²) in [6, 6.07) is 30.8. The molecule has 0 saturated heterocycles. The molecule has 45 heavy (non-hydrogen) atoms. The van der Waals surface area contributed by atoms with E-state index in [0.29, 0.717) is 18.0 Å². The maximum absolute atomic E-state index is 14.5. The first-order chi connectivity index (χ1) is 21.6. The highest BCUT2D eigenvalue weighted by atomic mass is 32.2. The maximum atomic E-state index is 14.5. The molecule has 2 amide bonds. The topological polar surface area (TPSA) is 96.0 Å². The van der Waals surface area contributed by atoms with Crippen LogP contribution in [0.2, 0.25) is 0 Å². The van der Waals surface area contributed by atoms with Gasteiger partial charge in [-0.3, -0.25) is 13.9 Å². The van der Waals surface area contributed by atoms with Gasteiger partial charge < -0.3 is 15.0 Å². The van der Waals surface area contributed by atoms with Crippen molar-refractivity contribution in [3.8, 4) is 5.75 Å². The minimum Gasteiger partial charge on any atom is -0.494 e. The van der Waals surface area contributed by atoms with E-state index in [1.54, 1.807) is 42.5 Å². The summed E-state index contributed by atoms with van der Waals surface area (Å²) in [4.78, 5) is 29.8. The molecule has 0 spiro atoms. The van der Waals surface area contributed by atoms with Crippen LogP contribution in [-0.4, -0.2) is 50.4 Å². The van der Waals surface area contributed by atoms with Crippen LogP contribution in [0.3, 0.4) is 0 Å². The van der Waals surface area contributed by atoms with Gasteiger partial charge in [0.05, 0.1) is 17.2 Å². The van der Waals surface area contributed by atoms with Crippen molar-refractivity contribution in [3.63, 3.8) is 0 Å². The van der Waals surface area contributed by atoms with Gasteiger partial charge in [-0.05, 0) is 75.2 Å². The summed E-state index contributed by atoms with van der Waals surface area (Å²) >= 11 is 0. The van der Waals surface area contributed by atoms with Crippen molar-refractivity contribution >= 4 is 27.5 Å². The third-order valence-corrected chi connectivity index (χ3v) is 8.97. The fourth-order valence-electron chi connectivity index (χ4n) is 5.07. The molecule has 0 aliphatic carbocycles. The Morgan fingerprint density at radius 1 is 0.822 bits per heavy atom. The summed E-state index contributed by atoms with van der Waals surface area (Å²) < 4.78 is 34.9. The summed E-state index contributed by atoms with van der Waals surface area (Å²) in [5.41, 5.74) is 3.06. The molecule has 0 heterocycles. The second kappa shape index (κ2) is 15.4. The smallest absolute Gasteiger partial charge is 0.264 e. The molecule has 0 aliphatic rings. The molecule has 4 aromatic rings. The quantitative estimate of drug-likeness (QED) is 0.192. The Morgan fingerprint density at radius 3 is 2.04 bits per heavy atom. The maximum Gasteiger partial charge on any atom is 0.264 e. The molecular weight excluding hydrogens is 586 g/mol. The number of carbonyl (C=O) groups excluding carboxylic acids is 2. The van der Waals surface area contributed by atoms with Crippen molar-refractivity contribution in [1.82, 2.24) is 10.2 Å². The van der Waals surface area contributed by atoms with Gasteiger partial charge in [0.15, 0.2) is 0 Å². The lowest BCUT2D eigenvalue weighted by molar-refractivity contribution is -0.140. The molecule has 236 valence electrons. The number of amides is 2. The van der Waals surface area contributed by atoms with E-state index in [9.17, 15) is 18.0 Å². The summed E-state index contributed by atoms with van der Waals surface area (Å²) in [6.45, 7) is 7.60. The van der Waals surface area contributed by atoms with Crippen molar-refractivity contribution < 1.29 is 22.7 Å². The van der Waals surface area contributed by atoms with Crippen LogP contribution >= 0.6 is 0 Å². The Morgan fingerprint density at radius 2 is 1.44 bits per heavy atom. The highest BCUT2D eigenvalue weighted by Crippen LogP contribution is 2.26. The van der Waals surface area contributed by atoms with Crippen molar-refractivity contribution in [2.75, 3.05) is 17.5 Å². The van der Waals surface area contributed by atoms with Crippen molar-refractivity contribution in [2.24, 2.45) is 0 Å². The van der Waals surface area contributed by atoms with Crippen molar-refractivity contribution in [3.05, 3.63) is 126 Å². The van der Waals surface area contributed by atoms with Crippen LogP contribution in [-0.2, 0) is 32.6 Å². The molecular formula is C36H41N3O5S. The third kappa shape index (κ3) is 8.95. The summed E-state index contributed by atoms with van der Waals surface area (Å²) in [6.07, 6.45) is 0.258. The number of rotatable bonds is 14. The Balaban J connectivity index is 1.78. The molecule has 0 aromatic heterocycles. The average molecular weight is 628 g/mol. The van der Waals surface area contributed by atoms with E-state index < -0.39 is 28.5 Å². The molecule has 1 N–H and O–H groups in total. The predicted octanol–water partition coefficient (Wildman–Crippen LogP) is 5.75. The normalized spacial score (nSPS) is 11.9. The van der Waals surface area contributed by atoms with Crippen molar-refractivity contribution in [1.29, 1.82) is 0 Å². The van der Waals surface area contributed by atoms with E-state index in [2.05, 4.69) is 5.32 Å². The zero-order chi connectivity index (χ0) is 32.4. The number of anilines is 1. The number of hydrogen-bond donors (Lipinski definition) is 1. The largest absolute Gasteiger partial charge is 0.494 e. The van der Waals surface area contributed by atoms with Gasteiger partial charge in [0, 0.05) is 19.0 Å². The van der Waals surface area contributed by atoms with Crippen LogP contribution in [0.1, 0.15) is 37.5 Å². The number of para-hydroxylation sites is 1. The molecule has 1 atom stereocenters. The second-order valence-corrected chi connectivity index (χ2v) is 13.0. The molecule has 0 radical (unpaired) electrons. The molecule has 4 aromatic carbocycles. The fourth-order valence-corrected chi connectivity index (χ4v) is 6.48. The monoisotopic (exact) mass is 627 g/mol. The molecule has 0 aliphatic heterocycles. The van der Waals surface area contributed by atoms with E-state index in [1.165, 1.54) is 17.0 Å². The van der Waals surface area contributed by atoms with Crippen LogP contribution in [0.25, 0.3) is 0 Å². The number of carbonyl (C=O) groups is 2.